The molecule has 1 unspecified atom stereocenters. The van der Waals surface area contributed by atoms with Gasteiger partial charge in [0.25, 0.3) is 0 Å². The van der Waals surface area contributed by atoms with E-state index in [9.17, 15) is 5.11 Å². The molecule has 0 radical (unpaired) electrons. The molecule has 1 heterocycles. The molecule has 1 aliphatic carbocycles. The Balaban J connectivity index is 1.63. The third-order valence-electron chi connectivity index (χ3n) is 4.17. The molecule has 1 aromatic rings. The molecule has 21 heavy (non-hydrogen) atoms. The van der Waals surface area contributed by atoms with Crippen LogP contribution in [-0.4, -0.2) is 31.0 Å². The monoisotopic (exact) mass is 312 g/mol. The van der Waals surface area contributed by atoms with Gasteiger partial charge in [0.15, 0.2) is 11.5 Å². The van der Waals surface area contributed by atoms with Crippen LogP contribution in [-0.2, 0) is 4.74 Å². The largest absolute Gasteiger partial charge is 0.486 e. The molecule has 1 N–H and O–H groups in total. The Hall–Kier alpha value is -0.970. The third kappa shape index (κ3) is 3.28. The van der Waals surface area contributed by atoms with E-state index in [-0.39, 0.29) is 0 Å². The van der Waals surface area contributed by atoms with Crippen molar-refractivity contribution in [2.75, 3.05) is 19.8 Å². The summed E-state index contributed by atoms with van der Waals surface area (Å²) >= 11 is 6.26. The molecule has 3 rings (SSSR count). The minimum Gasteiger partial charge on any atom is -0.486 e. The van der Waals surface area contributed by atoms with Gasteiger partial charge >= 0.3 is 0 Å². The van der Waals surface area contributed by atoms with Crippen molar-refractivity contribution in [1.82, 2.24) is 0 Å². The van der Waals surface area contributed by atoms with Crippen LogP contribution in [0.3, 0.4) is 0 Å². The maximum Gasteiger partial charge on any atom is 0.162 e. The van der Waals surface area contributed by atoms with E-state index in [0.29, 0.717) is 48.2 Å². The van der Waals surface area contributed by atoms with Crippen LogP contribution in [0.1, 0.15) is 37.9 Å². The van der Waals surface area contributed by atoms with E-state index in [1.165, 1.54) is 0 Å². The molecule has 1 saturated carbocycles. The standard InChI is InChI=1S/C16H21ClO4/c1-2-19-11-5-10(6-11)7-14(18)12-8-15-16(9-13(12)17)21-4-3-20-15/h8-11,14,18H,2-7H2,1H3. The van der Waals surface area contributed by atoms with Gasteiger partial charge in [-0.05, 0) is 38.2 Å². The SMILES string of the molecule is CCOC1CC(CC(O)c2cc3c(cc2Cl)OCCO3)C1. The molecule has 2 aliphatic rings. The van der Waals surface area contributed by atoms with Crippen molar-refractivity contribution < 1.29 is 19.3 Å². The molecular weight excluding hydrogens is 292 g/mol. The molecule has 1 aliphatic heterocycles. The molecule has 1 aromatic carbocycles. The maximum atomic E-state index is 10.4. The van der Waals surface area contributed by atoms with Crippen LogP contribution in [0.2, 0.25) is 5.02 Å². The van der Waals surface area contributed by atoms with Crippen LogP contribution in [0.15, 0.2) is 12.1 Å². The number of fused-ring (bicyclic) bond motifs is 1. The number of benzene rings is 1. The van der Waals surface area contributed by atoms with Gasteiger partial charge in [0.05, 0.1) is 17.2 Å². The number of ether oxygens (including phenoxy) is 3. The Labute approximate surface area is 130 Å². The Morgan fingerprint density at radius 2 is 1.95 bits per heavy atom. The number of halogens is 1. The summed E-state index contributed by atoms with van der Waals surface area (Å²) in [6, 6.07) is 3.54. The summed E-state index contributed by atoms with van der Waals surface area (Å²) in [6.07, 6.45) is 2.55. The van der Waals surface area contributed by atoms with Gasteiger partial charge in [0.1, 0.15) is 13.2 Å². The number of aliphatic hydroxyl groups excluding tert-OH is 1. The van der Waals surface area contributed by atoms with Crippen LogP contribution in [0.4, 0.5) is 0 Å². The number of rotatable bonds is 5. The Kier molecular flexibility index (Phi) is 4.57. The lowest BCUT2D eigenvalue weighted by Gasteiger charge is -2.36. The summed E-state index contributed by atoms with van der Waals surface area (Å²) in [5.74, 6) is 1.82. The Bertz CT molecular complexity index is 499. The first-order valence-corrected chi connectivity index (χ1v) is 7.94. The minimum atomic E-state index is -0.569. The van der Waals surface area contributed by atoms with Gasteiger partial charge in [-0.15, -0.1) is 0 Å². The van der Waals surface area contributed by atoms with Crippen LogP contribution in [0, 0.1) is 5.92 Å². The molecule has 0 bridgehead atoms. The fraction of sp³-hybridized carbons (Fsp3) is 0.625. The minimum absolute atomic E-state index is 0.364. The lowest BCUT2D eigenvalue weighted by molar-refractivity contribution is -0.0380. The molecular formula is C16H21ClO4. The number of hydrogen-bond donors (Lipinski definition) is 1. The van der Waals surface area contributed by atoms with Gasteiger partial charge in [0.2, 0.25) is 0 Å². The van der Waals surface area contributed by atoms with Gasteiger partial charge in [-0.2, -0.15) is 0 Å². The van der Waals surface area contributed by atoms with Crippen molar-refractivity contribution in [1.29, 1.82) is 0 Å². The highest BCUT2D eigenvalue weighted by molar-refractivity contribution is 6.31. The van der Waals surface area contributed by atoms with E-state index in [0.717, 1.165) is 25.0 Å². The molecule has 0 saturated heterocycles. The summed E-state index contributed by atoms with van der Waals surface area (Å²) in [5.41, 5.74) is 0.723. The van der Waals surface area contributed by atoms with Crippen molar-refractivity contribution in [2.45, 2.75) is 38.4 Å². The maximum absolute atomic E-state index is 10.4. The van der Waals surface area contributed by atoms with E-state index in [1.807, 2.05) is 6.92 Å². The van der Waals surface area contributed by atoms with Crippen LogP contribution in [0.25, 0.3) is 0 Å². The van der Waals surface area contributed by atoms with E-state index in [1.54, 1.807) is 12.1 Å². The second-order valence-corrected chi connectivity index (χ2v) is 6.09. The highest BCUT2D eigenvalue weighted by Crippen LogP contribution is 2.42. The molecule has 4 nitrogen and oxygen atoms in total. The lowest BCUT2D eigenvalue weighted by Crippen LogP contribution is -2.32. The van der Waals surface area contributed by atoms with Crippen molar-refractivity contribution in [2.24, 2.45) is 5.92 Å². The molecule has 0 aromatic heterocycles. The van der Waals surface area contributed by atoms with Crippen molar-refractivity contribution in [3.05, 3.63) is 22.7 Å². The van der Waals surface area contributed by atoms with Gasteiger partial charge < -0.3 is 19.3 Å². The summed E-state index contributed by atoms with van der Waals surface area (Å²) in [6.45, 7) is 3.83. The second kappa shape index (κ2) is 6.42. The average Bonchev–Trinajstić information content (AvgIpc) is 2.44. The molecule has 116 valence electrons. The van der Waals surface area contributed by atoms with E-state index in [2.05, 4.69) is 0 Å². The normalized spacial score (nSPS) is 25.3. The molecule has 5 heteroatoms. The second-order valence-electron chi connectivity index (χ2n) is 5.68. The van der Waals surface area contributed by atoms with Gasteiger partial charge in [-0.1, -0.05) is 11.6 Å². The average molecular weight is 313 g/mol. The van der Waals surface area contributed by atoms with E-state index >= 15 is 0 Å². The molecule has 1 atom stereocenters. The predicted molar refractivity (Wildman–Crippen MR) is 80.2 cm³/mol. The number of aliphatic hydroxyl groups is 1. The summed E-state index contributed by atoms with van der Waals surface area (Å²) in [7, 11) is 0. The Morgan fingerprint density at radius 1 is 1.29 bits per heavy atom. The highest BCUT2D eigenvalue weighted by Gasteiger charge is 2.32. The van der Waals surface area contributed by atoms with Gasteiger partial charge in [-0.3, -0.25) is 0 Å². The zero-order chi connectivity index (χ0) is 14.8. The van der Waals surface area contributed by atoms with Crippen molar-refractivity contribution >= 4 is 11.6 Å². The zero-order valence-electron chi connectivity index (χ0n) is 12.2. The fourth-order valence-corrected chi connectivity index (χ4v) is 3.30. The highest BCUT2D eigenvalue weighted by atomic mass is 35.5. The first-order chi connectivity index (χ1) is 10.2. The van der Waals surface area contributed by atoms with Crippen LogP contribution >= 0.6 is 11.6 Å². The topological polar surface area (TPSA) is 47.9 Å². The summed E-state index contributed by atoms with van der Waals surface area (Å²) in [4.78, 5) is 0. The lowest BCUT2D eigenvalue weighted by atomic mass is 9.78. The van der Waals surface area contributed by atoms with Gasteiger partial charge in [0, 0.05) is 18.2 Å². The third-order valence-corrected chi connectivity index (χ3v) is 4.50. The van der Waals surface area contributed by atoms with Crippen molar-refractivity contribution in [3.63, 3.8) is 0 Å². The summed E-state index contributed by atoms with van der Waals surface area (Å²) in [5, 5.41) is 11.0. The fourth-order valence-electron chi connectivity index (χ4n) is 3.02. The first-order valence-electron chi connectivity index (χ1n) is 7.56. The summed E-state index contributed by atoms with van der Waals surface area (Å²) < 4.78 is 16.6. The van der Waals surface area contributed by atoms with E-state index < -0.39 is 6.10 Å². The van der Waals surface area contributed by atoms with E-state index in [4.69, 9.17) is 25.8 Å². The number of hydrogen-bond acceptors (Lipinski definition) is 4. The first kappa shape index (κ1) is 14.9. The smallest absolute Gasteiger partial charge is 0.162 e. The zero-order valence-corrected chi connectivity index (χ0v) is 12.9. The predicted octanol–water partition coefficient (Wildman–Crippen LogP) is 3.35. The van der Waals surface area contributed by atoms with Gasteiger partial charge in [-0.25, -0.2) is 0 Å². The quantitative estimate of drug-likeness (QED) is 0.906. The molecule has 1 fully saturated rings. The molecule has 0 amide bonds. The van der Waals surface area contributed by atoms with Crippen molar-refractivity contribution in [3.8, 4) is 11.5 Å². The van der Waals surface area contributed by atoms with Crippen LogP contribution < -0.4 is 9.47 Å². The van der Waals surface area contributed by atoms with Crippen LogP contribution in [0.5, 0.6) is 11.5 Å². The Morgan fingerprint density at radius 3 is 2.62 bits per heavy atom. The molecule has 0 spiro atoms.